The average Bonchev–Trinajstić information content (AvgIpc) is 2.79. The Labute approximate surface area is 118 Å². The first-order chi connectivity index (χ1) is 9.61. The highest BCUT2D eigenvalue weighted by Gasteiger charge is 2.14. The van der Waals surface area contributed by atoms with Crippen LogP contribution in [0, 0.1) is 13.8 Å². The molecule has 0 bridgehead atoms. The molecule has 0 fully saturated rings. The van der Waals surface area contributed by atoms with Crippen molar-refractivity contribution in [3.63, 3.8) is 0 Å². The van der Waals surface area contributed by atoms with Crippen LogP contribution in [0.1, 0.15) is 16.7 Å². The van der Waals surface area contributed by atoms with Crippen LogP contribution in [0.4, 0.5) is 0 Å². The Hall–Kier alpha value is -2.20. The van der Waals surface area contributed by atoms with Gasteiger partial charge in [-0.05, 0) is 36.6 Å². The molecule has 0 aliphatic rings. The zero-order valence-corrected chi connectivity index (χ0v) is 12.0. The van der Waals surface area contributed by atoms with Gasteiger partial charge in [0.2, 0.25) is 0 Å². The number of aryl methyl sites for hydroxylation is 3. The minimum absolute atomic E-state index is 0.489. The topological polar surface area (TPSA) is 56.7 Å². The largest absolute Gasteiger partial charge is 0.335 e. The summed E-state index contributed by atoms with van der Waals surface area (Å²) in [5, 5.41) is 1.06. The molecule has 1 aromatic carbocycles. The van der Waals surface area contributed by atoms with Crippen molar-refractivity contribution in [2.24, 2.45) is 12.8 Å². The van der Waals surface area contributed by atoms with Gasteiger partial charge >= 0.3 is 0 Å². The monoisotopic (exact) mass is 266 g/mol. The fourth-order valence-corrected chi connectivity index (χ4v) is 2.56. The Kier molecular flexibility index (Phi) is 3.03. The third-order valence-electron chi connectivity index (χ3n) is 3.83. The fourth-order valence-electron chi connectivity index (χ4n) is 2.56. The molecule has 20 heavy (non-hydrogen) atoms. The number of aromatic nitrogens is 3. The van der Waals surface area contributed by atoms with Crippen molar-refractivity contribution in [1.82, 2.24) is 14.5 Å². The summed E-state index contributed by atoms with van der Waals surface area (Å²) in [6.07, 6.45) is 3.65. The molecule has 2 N–H and O–H groups in total. The van der Waals surface area contributed by atoms with Gasteiger partial charge in [0.1, 0.15) is 12.0 Å². The van der Waals surface area contributed by atoms with E-state index >= 15 is 0 Å². The molecule has 0 amide bonds. The predicted octanol–water partition coefficient (Wildman–Crippen LogP) is 2.71. The fraction of sp³-hybridized carbons (Fsp3) is 0.250. The van der Waals surface area contributed by atoms with Crippen molar-refractivity contribution < 1.29 is 0 Å². The Balaban J connectivity index is 2.33. The summed E-state index contributed by atoms with van der Waals surface area (Å²) >= 11 is 0. The second-order valence-electron chi connectivity index (χ2n) is 5.19. The Bertz CT molecular complexity index is 787. The molecule has 0 aliphatic carbocycles. The smallest absolute Gasteiger partial charge is 0.144 e. The van der Waals surface area contributed by atoms with E-state index in [1.807, 2.05) is 17.8 Å². The first kappa shape index (κ1) is 12.8. The lowest BCUT2D eigenvalue weighted by molar-refractivity contribution is 0.930. The van der Waals surface area contributed by atoms with E-state index in [0.717, 1.165) is 27.9 Å². The SMILES string of the molecule is Cc1ccc(-c2ncnc3c2c(CN)cn3C)cc1C. The van der Waals surface area contributed by atoms with Crippen LogP contribution < -0.4 is 5.73 Å². The predicted molar refractivity (Wildman–Crippen MR) is 81.3 cm³/mol. The minimum Gasteiger partial charge on any atom is -0.335 e. The van der Waals surface area contributed by atoms with E-state index in [1.165, 1.54) is 11.1 Å². The molecule has 0 unspecified atom stereocenters. The first-order valence-electron chi connectivity index (χ1n) is 6.68. The van der Waals surface area contributed by atoms with Crippen molar-refractivity contribution in [3.05, 3.63) is 47.4 Å². The summed E-state index contributed by atoms with van der Waals surface area (Å²) in [5.41, 5.74) is 12.5. The number of hydrogen-bond acceptors (Lipinski definition) is 3. The molecule has 0 atom stereocenters. The van der Waals surface area contributed by atoms with Gasteiger partial charge in [0, 0.05) is 30.7 Å². The molecule has 3 aromatic rings. The van der Waals surface area contributed by atoms with Gasteiger partial charge in [-0.15, -0.1) is 0 Å². The Morgan fingerprint density at radius 1 is 1.15 bits per heavy atom. The van der Waals surface area contributed by atoms with Crippen molar-refractivity contribution in [1.29, 1.82) is 0 Å². The van der Waals surface area contributed by atoms with Crippen LogP contribution in [0.15, 0.2) is 30.7 Å². The zero-order valence-electron chi connectivity index (χ0n) is 12.0. The van der Waals surface area contributed by atoms with Crippen LogP contribution >= 0.6 is 0 Å². The molecule has 3 rings (SSSR count). The summed E-state index contributed by atoms with van der Waals surface area (Å²) in [5.74, 6) is 0. The quantitative estimate of drug-likeness (QED) is 0.776. The molecule has 0 saturated carbocycles. The maximum absolute atomic E-state index is 5.86. The third-order valence-corrected chi connectivity index (χ3v) is 3.83. The van der Waals surface area contributed by atoms with Gasteiger partial charge in [-0.1, -0.05) is 12.1 Å². The highest BCUT2D eigenvalue weighted by Crippen LogP contribution is 2.30. The molecule has 0 aliphatic heterocycles. The zero-order chi connectivity index (χ0) is 14.3. The minimum atomic E-state index is 0.489. The van der Waals surface area contributed by atoms with Crippen LogP contribution in [-0.2, 0) is 13.6 Å². The van der Waals surface area contributed by atoms with E-state index in [2.05, 4.69) is 42.0 Å². The molecular weight excluding hydrogens is 248 g/mol. The van der Waals surface area contributed by atoms with E-state index in [4.69, 9.17) is 5.73 Å². The number of benzene rings is 1. The number of hydrogen-bond donors (Lipinski definition) is 1. The molecule has 0 radical (unpaired) electrons. The third kappa shape index (κ3) is 1.89. The second-order valence-corrected chi connectivity index (χ2v) is 5.19. The maximum atomic E-state index is 5.86. The van der Waals surface area contributed by atoms with E-state index in [9.17, 15) is 0 Å². The van der Waals surface area contributed by atoms with Gasteiger partial charge in [-0.2, -0.15) is 0 Å². The van der Waals surface area contributed by atoms with E-state index < -0.39 is 0 Å². The Morgan fingerprint density at radius 3 is 2.65 bits per heavy atom. The highest BCUT2D eigenvalue weighted by molar-refractivity contribution is 5.93. The van der Waals surface area contributed by atoms with E-state index in [0.29, 0.717) is 6.54 Å². The lowest BCUT2D eigenvalue weighted by Crippen LogP contribution is -1.97. The lowest BCUT2D eigenvalue weighted by atomic mass is 10.0. The van der Waals surface area contributed by atoms with Crippen LogP contribution in [0.5, 0.6) is 0 Å². The summed E-state index contributed by atoms with van der Waals surface area (Å²) in [7, 11) is 1.98. The van der Waals surface area contributed by atoms with Crippen molar-refractivity contribution in [2.45, 2.75) is 20.4 Å². The molecule has 0 saturated heterocycles. The van der Waals surface area contributed by atoms with Gasteiger partial charge in [-0.3, -0.25) is 0 Å². The summed E-state index contributed by atoms with van der Waals surface area (Å²) in [6, 6.07) is 6.41. The van der Waals surface area contributed by atoms with Crippen LogP contribution in [0.25, 0.3) is 22.3 Å². The summed E-state index contributed by atoms with van der Waals surface area (Å²) < 4.78 is 2.00. The number of fused-ring (bicyclic) bond motifs is 1. The molecule has 102 valence electrons. The number of nitrogens with two attached hydrogens (primary N) is 1. The van der Waals surface area contributed by atoms with Crippen LogP contribution in [0.3, 0.4) is 0 Å². The molecule has 2 aromatic heterocycles. The number of nitrogens with zero attached hydrogens (tertiary/aromatic N) is 3. The van der Waals surface area contributed by atoms with Gasteiger partial charge in [-0.25, -0.2) is 9.97 Å². The van der Waals surface area contributed by atoms with Crippen molar-refractivity contribution in [3.8, 4) is 11.3 Å². The normalized spacial score (nSPS) is 11.2. The van der Waals surface area contributed by atoms with Crippen molar-refractivity contribution >= 4 is 11.0 Å². The average molecular weight is 266 g/mol. The highest BCUT2D eigenvalue weighted by atomic mass is 15.0. The van der Waals surface area contributed by atoms with Crippen LogP contribution in [-0.4, -0.2) is 14.5 Å². The van der Waals surface area contributed by atoms with E-state index in [1.54, 1.807) is 6.33 Å². The molecule has 2 heterocycles. The summed E-state index contributed by atoms with van der Waals surface area (Å²) in [4.78, 5) is 8.86. The molecule has 4 heteroatoms. The van der Waals surface area contributed by atoms with Gasteiger partial charge < -0.3 is 10.3 Å². The first-order valence-corrected chi connectivity index (χ1v) is 6.68. The van der Waals surface area contributed by atoms with Gasteiger partial charge in [0.25, 0.3) is 0 Å². The standard InChI is InChI=1S/C16H18N4/c1-10-4-5-12(6-11(10)2)15-14-13(7-17)8-20(3)16(14)19-9-18-15/h4-6,8-9H,7,17H2,1-3H3. The second kappa shape index (κ2) is 4.72. The summed E-state index contributed by atoms with van der Waals surface area (Å²) in [6.45, 7) is 4.72. The van der Waals surface area contributed by atoms with E-state index in [-0.39, 0.29) is 0 Å². The molecular formula is C16H18N4. The van der Waals surface area contributed by atoms with Crippen molar-refractivity contribution in [2.75, 3.05) is 0 Å². The van der Waals surface area contributed by atoms with Gasteiger partial charge in [0.05, 0.1) is 5.69 Å². The molecule has 4 nitrogen and oxygen atoms in total. The Morgan fingerprint density at radius 2 is 1.95 bits per heavy atom. The molecule has 0 spiro atoms. The number of rotatable bonds is 2. The van der Waals surface area contributed by atoms with Crippen LogP contribution in [0.2, 0.25) is 0 Å². The lowest BCUT2D eigenvalue weighted by Gasteiger charge is -2.07. The van der Waals surface area contributed by atoms with Gasteiger partial charge in [0.15, 0.2) is 0 Å². The maximum Gasteiger partial charge on any atom is 0.144 e.